The molecule has 19 heteroatoms. The summed E-state index contributed by atoms with van der Waals surface area (Å²) >= 11 is 0. The molecule has 0 fully saturated rings. The van der Waals surface area contributed by atoms with Crippen molar-refractivity contribution in [3.05, 3.63) is 0 Å². The van der Waals surface area contributed by atoms with Gasteiger partial charge in [0.15, 0.2) is 12.2 Å². The van der Waals surface area contributed by atoms with Crippen LogP contribution in [0.4, 0.5) is 0 Å². The van der Waals surface area contributed by atoms with Crippen LogP contribution in [0.25, 0.3) is 0 Å². The highest BCUT2D eigenvalue weighted by Crippen LogP contribution is 2.45. The van der Waals surface area contributed by atoms with Gasteiger partial charge in [0.2, 0.25) is 0 Å². The van der Waals surface area contributed by atoms with E-state index in [9.17, 15) is 43.2 Å². The van der Waals surface area contributed by atoms with E-state index in [1.165, 1.54) is 250 Å². The number of carbonyl (C=O) groups is 4. The van der Waals surface area contributed by atoms with E-state index in [0.29, 0.717) is 25.7 Å². The Labute approximate surface area is 632 Å². The molecule has 0 aliphatic rings. The van der Waals surface area contributed by atoms with Gasteiger partial charge < -0.3 is 33.8 Å². The monoisotopic (exact) mass is 1510 g/mol. The number of aliphatic hydroxyl groups excluding tert-OH is 1. The molecule has 0 radical (unpaired) electrons. The summed E-state index contributed by atoms with van der Waals surface area (Å²) in [5, 5.41) is 10.6. The van der Waals surface area contributed by atoms with Crippen LogP contribution in [0, 0.1) is 11.8 Å². The largest absolute Gasteiger partial charge is 0.472 e. The van der Waals surface area contributed by atoms with Crippen LogP contribution < -0.4 is 0 Å². The lowest BCUT2D eigenvalue weighted by Gasteiger charge is -2.21. The van der Waals surface area contributed by atoms with Crippen LogP contribution in [0.15, 0.2) is 0 Å². The van der Waals surface area contributed by atoms with Crippen molar-refractivity contribution >= 4 is 39.5 Å². The summed E-state index contributed by atoms with van der Waals surface area (Å²) in [4.78, 5) is 73.0. The molecule has 0 rings (SSSR count). The molecule has 0 saturated heterocycles. The van der Waals surface area contributed by atoms with Gasteiger partial charge in [-0.25, -0.2) is 9.13 Å². The molecule has 103 heavy (non-hydrogen) atoms. The number of phosphoric ester groups is 2. The third kappa shape index (κ3) is 76.6. The number of ether oxygens (including phenoxy) is 4. The Morgan fingerprint density at radius 3 is 0.738 bits per heavy atom. The quantitative estimate of drug-likeness (QED) is 0.0222. The second kappa shape index (κ2) is 75.5. The summed E-state index contributed by atoms with van der Waals surface area (Å²) in [7, 11) is -9.92. The van der Waals surface area contributed by atoms with Gasteiger partial charge in [-0.2, -0.15) is 0 Å². The molecule has 0 aromatic heterocycles. The molecule has 6 atom stereocenters. The molecule has 0 spiro atoms. The Hall–Kier alpha value is -1.94. The third-order valence-corrected chi connectivity index (χ3v) is 22.0. The lowest BCUT2D eigenvalue weighted by Crippen LogP contribution is -2.30. The number of aliphatic hydroxyl groups is 1. The van der Waals surface area contributed by atoms with Gasteiger partial charge in [-0.15, -0.1) is 0 Å². The van der Waals surface area contributed by atoms with Gasteiger partial charge in [-0.1, -0.05) is 395 Å². The average Bonchev–Trinajstić information content (AvgIpc) is 0.922. The van der Waals surface area contributed by atoms with Crippen LogP contribution in [-0.4, -0.2) is 96.7 Å². The van der Waals surface area contributed by atoms with Crippen molar-refractivity contribution in [2.75, 3.05) is 39.6 Å². The molecule has 0 heterocycles. The maximum absolute atomic E-state index is 13.1. The number of rotatable bonds is 83. The van der Waals surface area contributed by atoms with Crippen molar-refractivity contribution < 1.29 is 80.2 Å². The van der Waals surface area contributed by atoms with Gasteiger partial charge in [0.25, 0.3) is 0 Å². The summed E-state index contributed by atoms with van der Waals surface area (Å²) in [6.45, 7) is 9.71. The zero-order valence-corrected chi connectivity index (χ0v) is 69.4. The zero-order chi connectivity index (χ0) is 75.6. The van der Waals surface area contributed by atoms with E-state index < -0.39 is 97.5 Å². The molecule has 0 aromatic carbocycles. The Morgan fingerprint density at radius 1 is 0.282 bits per heavy atom. The number of hydrogen-bond acceptors (Lipinski definition) is 15. The Bertz CT molecular complexity index is 1980. The van der Waals surface area contributed by atoms with Gasteiger partial charge >= 0.3 is 39.5 Å². The standard InChI is InChI=1S/C84H164O17P2/c1-7-10-12-14-16-17-18-19-20-23-27-34-39-44-50-56-62-68-83(88)100-79(72-94-81(86)66-60-54-46-15-13-11-8-2)74-98-102(90,91)96-70-78(85)71-97-103(92,93)99-75-80(73-95-82(87)67-61-55-49-43-38-33-30-29-32-37-42-48-53-59-65-77(6)9-3)101-84(89)69-63-57-51-45-40-35-28-25-22-21-24-26-31-36-41-47-52-58-64-76(4)5/h76-80,85H,7-75H2,1-6H3,(H,90,91)(H,92,93)/t77?,78-,79+,80+/m0/s1. The molecule has 0 bridgehead atoms. The highest BCUT2D eigenvalue weighted by atomic mass is 31.2. The van der Waals surface area contributed by atoms with Crippen molar-refractivity contribution in [3.63, 3.8) is 0 Å². The minimum absolute atomic E-state index is 0.108. The van der Waals surface area contributed by atoms with Gasteiger partial charge in [0, 0.05) is 25.7 Å². The van der Waals surface area contributed by atoms with Gasteiger partial charge in [-0.05, 0) is 37.5 Å². The summed E-state index contributed by atoms with van der Waals surface area (Å²) in [5.74, 6) is -0.438. The fraction of sp³-hybridized carbons (Fsp3) is 0.952. The Morgan fingerprint density at radius 2 is 0.495 bits per heavy atom. The van der Waals surface area contributed by atoms with Crippen LogP contribution in [0.3, 0.4) is 0 Å². The van der Waals surface area contributed by atoms with Crippen molar-refractivity contribution in [3.8, 4) is 0 Å². The van der Waals surface area contributed by atoms with Crippen LogP contribution >= 0.6 is 15.6 Å². The van der Waals surface area contributed by atoms with E-state index in [-0.39, 0.29) is 25.7 Å². The van der Waals surface area contributed by atoms with Crippen LogP contribution in [0.2, 0.25) is 0 Å². The van der Waals surface area contributed by atoms with Crippen molar-refractivity contribution in [2.45, 2.75) is 464 Å². The normalized spacial score (nSPS) is 14.1. The predicted octanol–water partition coefficient (Wildman–Crippen LogP) is 25.5. The summed E-state index contributed by atoms with van der Waals surface area (Å²) in [5.41, 5.74) is 0. The Kier molecular flexibility index (Phi) is 74.1. The fourth-order valence-electron chi connectivity index (χ4n) is 13.0. The highest BCUT2D eigenvalue weighted by Gasteiger charge is 2.30. The number of esters is 4. The molecule has 0 saturated carbocycles. The van der Waals surface area contributed by atoms with E-state index in [0.717, 1.165) is 115 Å². The molecule has 3 N–H and O–H groups in total. The SMILES string of the molecule is CCCCCCCCCCCCCCCCCCCC(=O)O[C@H](COC(=O)CCCCCCCCC)COP(=O)(O)OC[C@H](O)COP(=O)(O)OC[C@@H](COC(=O)CCCCCCCCCCCCCCCCC(C)CC)OC(=O)CCCCCCCCCCCCCCCCCCCCC(C)C. The second-order valence-corrected chi connectivity index (χ2v) is 33.8. The first-order chi connectivity index (χ1) is 49.9. The molecule has 0 aromatic rings. The van der Waals surface area contributed by atoms with Gasteiger partial charge in [-0.3, -0.25) is 37.3 Å². The van der Waals surface area contributed by atoms with Gasteiger partial charge in [0.1, 0.15) is 19.3 Å². The molecule has 0 amide bonds. The molecule has 0 aliphatic heterocycles. The minimum Gasteiger partial charge on any atom is -0.462 e. The lowest BCUT2D eigenvalue weighted by molar-refractivity contribution is -0.161. The minimum atomic E-state index is -4.96. The van der Waals surface area contributed by atoms with E-state index in [1.807, 2.05) is 0 Å². The molecule has 3 unspecified atom stereocenters. The Balaban J connectivity index is 5.17. The van der Waals surface area contributed by atoms with E-state index in [4.69, 9.17) is 37.0 Å². The lowest BCUT2D eigenvalue weighted by atomic mass is 9.99. The van der Waals surface area contributed by atoms with E-state index >= 15 is 0 Å². The van der Waals surface area contributed by atoms with Crippen molar-refractivity contribution in [2.24, 2.45) is 11.8 Å². The number of phosphoric acid groups is 2. The van der Waals surface area contributed by atoms with E-state index in [2.05, 4.69) is 41.5 Å². The highest BCUT2D eigenvalue weighted by molar-refractivity contribution is 7.47. The predicted molar refractivity (Wildman–Crippen MR) is 423 cm³/mol. The number of carbonyl (C=O) groups excluding carboxylic acids is 4. The topological polar surface area (TPSA) is 237 Å². The third-order valence-electron chi connectivity index (χ3n) is 20.1. The summed E-state index contributed by atoms with van der Waals surface area (Å²) < 4.78 is 68.7. The smallest absolute Gasteiger partial charge is 0.462 e. The number of unbranched alkanes of at least 4 members (excludes halogenated alkanes) is 52. The molecular weight excluding hydrogens is 1340 g/mol. The molecule has 612 valence electrons. The molecule has 0 aliphatic carbocycles. The van der Waals surface area contributed by atoms with Crippen LogP contribution in [0.5, 0.6) is 0 Å². The first kappa shape index (κ1) is 101. The first-order valence-corrected chi connectivity index (χ1v) is 46.5. The maximum Gasteiger partial charge on any atom is 0.472 e. The van der Waals surface area contributed by atoms with Crippen LogP contribution in [-0.2, 0) is 65.4 Å². The molecular formula is C84H164O17P2. The van der Waals surface area contributed by atoms with Crippen molar-refractivity contribution in [1.29, 1.82) is 0 Å². The molecule has 17 nitrogen and oxygen atoms in total. The summed E-state index contributed by atoms with van der Waals surface area (Å²) in [6, 6.07) is 0. The zero-order valence-electron chi connectivity index (χ0n) is 67.6. The second-order valence-electron chi connectivity index (χ2n) is 30.9. The average molecular weight is 1510 g/mol. The van der Waals surface area contributed by atoms with Gasteiger partial charge in [0.05, 0.1) is 26.4 Å². The maximum atomic E-state index is 13.1. The van der Waals surface area contributed by atoms with E-state index in [1.54, 1.807) is 0 Å². The number of hydrogen-bond donors (Lipinski definition) is 3. The summed E-state index contributed by atoms with van der Waals surface area (Å²) in [6.07, 6.45) is 66.7. The van der Waals surface area contributed by atoms with Crippen LogP contribution in [0.1, 0.15) is 446 Å². The fourth-order valence-corrected chi connectivity index (χ4v) is 14.6. The van der Waals surface area contributed by atoms with Crippen molar-refractivity contribution in [1.82, 2.24) is 0 Å². The first-order valence-electron chi connectivity index (χ1n) is 43.5.